The molecule has 0 saturated heterocycles. The van der Waals surface area contributed by atoms with Crippen molar-refractivity contribution >= 4 is 5.57 Å². The maximum absolute atomic E-state index is 3.81. The largest absolute Gasteiger partial charge is 0.307 e. The molecular formula is C16H21N. The van der Waals surface area contributed by atoms with Crippen LogP contribution < -0.4 is 5.32 Å². The highest BCUT2D eigenvalue weighted by Gasteiger charge is 2.36. The summed E-state index contributed by atoms with van der Waals surface area (Å²) in [4.78, 5) is 0. The van der Waals surface area contributed by atoms with Gasteiger partial charge in [0.05, 0.1) is 0 Å². The molecule has 0 radical (unpaired) electrons. The van der Waals surface area contributed by atoms with Crippen molar-refractivity contribution in [3.8, 4) is 0 Å². The molecule has 1 saturated carbocycles. The Morgan fingerprint density at radius 2 is 1.71 bits per heavy atom. The molecule has 1 spiro atoms. The van der Waals surface area contributed by atoms with E-state index in [9.17, 15) is 0 Å². The van der Waals surface area contributed by atoms with Gasteiger partial charge in [0.15, 0.2) is 0 Å². The second kappa shape index (κ2) is 4.66. The maximum Gasteiger partial charge on any atom is 0.0437 e. The fraction of sp³-hybridized carbons (Fsp3) is 0.500. The van der Waals surface area contributed by atoms with Gasteiger partial charge in [0, 0.05) is 5.54 Å². The van der Waals surface area contributed by atoms with Crippen LogP contribution in [-0.2, 0) is 0 Å². The van der Waals surface area contributed by atoms with Crippen LogP contribution >= 0.6 is 0 Å². The van der Waals surface area contributed by atoms with Crippen LogP contribution in [0.1, 0.15) is 44.1 Å². The summed E-state index contributed by atoms with van der Waals surface area (Å²) in [6, 6.07) is 10.9. The van der Waals surface area contributed by atoms with E-state index in [1.807, 2.05) is 0 Å². The SMILES string of the molecule is C1=C(c2ccccc2)C2(CCCCC2)NCC1. The minimum atomic E-state index is 0.290. The maximum atomic E-state index is 3.81. The molecule has 1 aliphatic heterocycles. The van der Waals surface area contributed by atoms with Gasteiger partial charge in [0.2, 0.25) is 0 Å². The summed E-state index contributed by atoms with van der Waals surface area (Å²) in [5.41, 5.74) is 3.27. The highest BCUT2D eigenvalue weighted by Crippen LogP contribution is 2.41. The van der Waals surface area contributed by atoms with Gasteiger partial charge in [-0.2, -0.15) is 0 Å². The van der Waals surface area contributed by atoms with E-state index in [1.54, 1.807) is 5.57 Å². The summed E-state index contributed by atoms with van der Waals surface area (Å²) in [6.07, 6.45) is 10.4. The zero-order chi connectivity index (χ0) is 11.6. The van der Waals surface area contributed by atoms with Crippen molar-refractivity contribution in [3.05, 3.63) is 42.0 Å². The van der Waals surface area contributed by atoms with Gasteiger partial charge in [-0.25, -0.2) is 0 Å². The van der Waals surface area contributed by atoms with E-state index < -0.39 is 0 Å². The zero-order valence-corrected chi connectivity index (χ0v) is 10.4. The molecule has 0 bridgehead atoms. The first-order valence-electron chi connectivity index (χ1n) is 6.92. The van der Waals surface area contributed by atoms with E-state index in [4.69, 9.17) is 0 Å². The Morgan fingerprint density at radius 3 is 2.47 bits per heavy atom. The molecule has 17 heavy (non-hydrogen) atoms. The van der Waals surface area contributed by atoms with Crippen LogP contribution in [0.3, 0.4) is 0 Å². The Hall–Kier alpha value is -1.08. The molecule has 1 aromatic rings. The van der Waals surface area contributed by atoms with Crippen molar-refractivity contribution in [2.24, 2.45) is 0 Å². The smallest absolute Gasteiger partial charge is 0.0437 e. The number of benzene rings is 1. The monoisotopic (exact) mass is 227 g/mol. The summed E-state index contributed by atoms with van der Waals surface area (Å²) < 4.78 is 0. The zero-order valence-electron chi connectivity index (χ0n) is 10.4. The lowest BCUT2D eigenvalue weighted by Crippen LogP contribution is -2.49. The van der Waals surface area contributed by atoms with E-state index in [1.165, 1.54) is 44.1 Å². The predicted molar refractivity (Wildman–Crippen MR) is 72.9 cm³/mol. The number of hydrogen-bond donors (Lipinski definition) is 1. The van der Waals surface area contributed by atoms with Crippen molar-refractivity contribution in [2.45, 2.75) is 44.1 Å². The summed E-state index contributed by atoms with van der Waals surface area (Å²) in [5, 5.41) is 3.81. The Bertz CT molecular complexity index is 399. The second-order valence-corrected chi connectivity index (χ2v) is 5.34. The summed E-state index contributed by atoms with van der Waals surface area (Å²) in [6.45, 7) is 1.15. The number of nitrogens with one attached hydrogen (secondary N) is 1. The van der Waals surface area contributed by atoms with Gasteiger partial charge < -0.3 is 5.32 Å². The van der Waals surface area contributed by atoms with Gasteiger partial charge in [0.1, 0.15) is 0 Å². The molecule has 0 atom stereocenters. The molecule has 1 N–H and O–H groups in total. The highest BCUT2D eigenvalue weighted by molar-refractivity contribution is 5.74. The van der Waals surface area contributed by atoms with Crippen LogP contribution in [0.4, 0.5) is 0 Å². The van der Waals surface area contributed by atoms with E-state index >= 15 is 0 Å². The lowest BCUT2D eigenvalue weighted by atomic mass is 9.72. The predicted octanol–water partition coefficient (Wildman–Crippen LogP) is 3.77. The lowest BCUT2D eigenvalue weighted by molar-refractivity contribution is 0.295. The van der Waals surface area contributed by atoms with Crippen molar-refractivity contribution < 1.29 is 0 Å². The third-order valence-electron chi connectivity index (χ3n) is 4.26. The molecule has 1 heterocycles. The number of hydrogen-bond acceptors (Lipinski definition) is 1. The van der Waals surface area contributed by atoms with Gasteiger partial charge in [-0.1, -0.05) is 55.7 Å². The summed E-state index contributed by atoms with van der Waals surface area (Å²) >= 11 is 0. The first-order chi connectivity index (χ1) is 8.41. The minimum Gasteiger partial charge on any atom is -0.307 e. The lowest BCUT2D eigenvalue weighted by Gasteiger charge is -2.43. The normalized spacial score (nSPS) is 23.4. The Balaban J connectivity index is 1.97. The minimum absolute atomic E-state index is 0.290. The molecular weight excluding hydrogens is 206 g/mol. The van der Waals surface area contributed by atoms with Crippen molar-refractivity contribution in [1.29, 1.82) is 0 Å². The molecule has 2 aliphatic rings. The standard InChI is InChI=1S/C16H21N/c1-3-8-14(9-4-1)15-10-7-13-17-16(15)11-5-2-6-12-16/h1,3-4,8-10,17H,2,5-7,11-13H2. The first kappa shape index (κ1) is 11.0. The average Bonchev–Trinajstić information content (AvgIpc) is 2.41. The topological polar surface area (TPSA) is 12.0 Å². The molecule has 1 aromatic carbocycles. The van der Waals surface area contributed by atoms with Crippen LogP contribution in [0.25, 0.3) is 5.57 Å². The third kappa shape index (κ3) is 2.04. The Labute approximate surface area is 104 Å². The number of rotatable bonds is 1. The van der Waals surface area contributed by atoms with Crippen LogP contribution in [0.5, 0.6) is 0 Å². The van der Waals surface area contributed by atoms with Crippen LogP contribution in [0.15, 0.2) is 36.4 Å². The molecule has 90 valence electrons. The van der Waals surface area contributed by atoms with Crippen molar-refractivity contribution in [3.63, 3.8) is 0 Å². The van der Waals surface area contributed by atoms with Crippen LogP contribution in [0, 0.1) is 0 Å². The van der Waals surface area contributed by atoms with Crippen LogP contribution in [-0.4, -0.2) is 12.1 Å². The summed E-state index contributed by atoms with van der Waals surface area (Å²) in [7, 11) is 0. The molecule has 0 amide bonds. The van der Waals surface area contributed by atoms with Crippen molar-refractivity contribution in [1.82, 2.24) is 5.32 Å². The Kier molecular flexibility index (Phi) is 3.02. The van der Waals surface area contributed by atoms with Gasteiger partial charge in [-0.05, 0) is 36.9 Å². The first-order valence-corrected chi connectivity index (χ1v) is 6.92. The molecule has 1 aliphatic carbocycles. The molecule has 1 fully saturated rings. The van der Waals surface area contributed by atoms with E-state index in [-0.39, 0.29) is 5.54 Å². The van der Waals surface area contributed by atoms with E-state index in [0.29, 0.717) is 0 Å². The average molecular weight is 227 g/mol. The third-order valence-corrected chi connectivity index (χ3v) is 4.26. The molecule has 3 rings (SSSR count). The van der Waals surface area contributed by atoms with E-state index in [0.717, 1.165) is 6.54 Å². The molecule has 1 nitrogen and oxygen atoms in total. The van der Waals surface area contributed by atoms with E-state index in [2.05, 4.69) is 41.7 Å². The Morgan fingerprint density at radius 1 is 0.941 bits per heavy atom. The summed E-state index contributed by atoms with van der Waals surface area (Å²) in [5.74, 6) is 0. The molecule has 1 heteroatoms. The van der Waals surface area contributed by atoms with Gasteiger partial charge >= 0.3 is 0 Å². The van der Waals surface area contributed by atoms with Crippen LogP contribution in [0.2, 0.25) is 0 Å². The van der Waals surface area contributed by atoms with Gasteiger partial charge in [-0.3, -0.25) is 0 Å². The quantitative estimate of drug-likeness (QED) is 0.770. The fourth-order valence-corrected chi connectivity index (χ4v) is 3.43. The molecule has 0 aromatic heterocycles. The highest BCUT2D eigenvalue weighted by atomic mass is 15.0. The molecule has 0 unspecified atom stereocenters. The van der Waals surface area contributed by atoms with Gasteiger partial charge in [-0.15, -0.1) is 0 Å². The fourth-order valence-electron chi connectivity index (χ4n) is 3.43. The second-order valence-electron chi connectivity index (χ2n) is 5.34. The van der Waals surface area contributed by atoms with Crippen molar-refractivity contribution in [2.75, 3.05) is 6.54 Å². The van der Waals surface area contributed by atoms with Gasteiger partial charge in [0.25, 0.3) is 0 Å².